The fraction of sp³-hybridized carbons (Fsp3) is 0.538. The van der Waals surface area contributed by atoms with Gasteiger partial charge >= 0.3 is 0 Å². The molecule has 1 nitrogen and oxygen atoms in total. The average molecular weight is 351 g/mol. The fourth-order valence-electron chi connectivity index (χ4n) is 2.15. The lowest BCUT2D eigenvalue weighted by Gasteiger charge is -2.33. The molecule has 1 aliphatic heterocycles. The molecule has 1 aromatic carbocycles. The van der Waals surface area contributed by atoms with Crippen molar-refractivity contribution in [1.29, 1.82) is 0 Å². The van der Waals surface area contributed by atoms with Gasteiger partial charge in [-0.1, -0.05) is 22.9 Å². The first-order valence-corrected chi connectivity index (χ1v) is 8.88. The van der Waals surface area contributed by atoms with E-state index < -0.39 is 6.10 Å². The van der Waals surface area contributed by atoms with Gasteiger partial charge in [0, 0.05) is 32.0 Å². The third-order valence-corrected chi connectivity index (χ3v) is 6.91. The van der Waals surface area contributed by atoms with E-state index in [1.807, 2.05) is 11.8 Å². The number of hydrogen-bond donors (Lipinski definition) is 1. The van der Waals surface area contributed by atoms with Crippen molar-refractivity contribution in [3.8, 4) is 0 Å². The minimum atomic E-state index is -0.731. The molecule has 3 unspecified atom stereocenters. The van der Waals surface area contributed by atoms with Gasteiger partial charge in [-0.3, -0.25) is 0 Å². The van der Waals surface area contributed by atoms with Crippen LogP contribution in [0.5, 0.6) is 0 Å². The highest BCUT2D eigenvalue weighted by Crippen LogP contribution is 2.41. The van der Waals surface area contributed by atoms with E-state index in [1.54, 1.807) is 23.9 Å². The van der Waals surface area contributed by atoms with E-state index in [0.717, 1.165) is 22.4 Å². The van der Waals surface area contributed by atoms with Crippen LogP contribution in [0.4, 0.5) is 4.39 Å². The van der Waals surface area contributed by atoms with Crippen LogP contribution >= 0.6 is 39.5 Å². The Bertz CT molecular complexity index is 416. The van der Waals surface area contributed by atoms with Gasteiger partial charge in [0.05, 0.1) is 6.10 Å². The topological polar surface area (TPSA) is 20.2 Å². The predicted molar refractivity (Wildman–Crippen MR) is 81.8 cm³/mol. The Kier molecular flexibility index (Phi) is 5.42. The minimum absolute atomic E-state index is 0.0811. The third-order valence-electron chi connectivity index (χ3n) is 3.08. The number of aliphatic hydroxyl groups excluding tert-OH is 1. The Balaban J connectivity index is 2.23. The van der Waals surface area contributed by atoms with E-state index >= 15 is 0 Å². The predicted octanol–water partition coefficient (Wildman–Crippen LogP) is 4.25. The molecule has 0 saturated carbocycles. The van der Waals surface area contributed by atoms with Gasteiger partial charge in [0.1, 0.15) is 5.82 Å². The van der Waals surface area contributed by atoms with E-state index in [-0.39, 0.29) is 11.1 Å². The number of halogens is 2. The number of aliphatic hydroxyl groups is 1. The van der Waals surface area contributed by atoms with Crippen molar-refractivity contribution in [2.24, 2.45) is 0 Å². The van der Waals surface area contributed by atoms with Crippen LogP contribution in [0.1, 0.15) is 25.0 Å². The monoisotopic (exact) mass is 350 g/mol. The molecule has 0 aromatic heterocycles. The second-order valence-electron chi connectivity index (χ2n) is 4.26. The zero-order valence-corrected chi connectivity index (χ0v) is 13.3. The van der Waals surface area contributed by atoms with Gasteiger partial charge in [0.2, 0.25) is 0 Å². The van der Waals surface area contributed by atoms with Crippen molar-refractivity contribution in [3.05, 3.63) is 34.1 Å². The van der Waals surface area contributed by atoms with Crippen LogP contribution < -0.4 is 0 Å². The van der Waals surface area contributed by atoms with Crippen LogP contribution in [-0.4, -0.2) is 27.1 Å². The van der Waals surface area contributed by atoms with Gasteiger partial charge in [0.25, 0.3) is 0 Å². The summed E-state index contributed by atoms with van der Waals surface area (Å²) in [6.45, 7) is 2.13. The van der Waals surface area contributed by atoms with E-state index in [2.05, 4.69) is 22.9 Å². The summed E-state index contributed by atoms with van der Waals surface area (Å²) >= 11 is 6.98. The van der Waals surface area contributed by atoms with Crippen LogP contribution in [0.2, 0.25) is 0 Å². The lowest BCUT2D eigenvalue weighted by molar-refractivity contribution is 0.167. The third kappa shape index (κ3) is 3.24. The van der Waals surface area contributed by atoms with Crippen LogP contribution in [0.25, 0.3) is 0 Å². The highest BCUT2D eigenvalue weighted by atomic mass is 79.9. The van der Waals surface area contributed by atoms with Gasteiger partial charge in [-0.2, -0.15) is 23.5 Å². The van der Waals surface area contributed by atoms with Crippen molar-refractivity contribution < 1.29 is 9.50 Å². The van der Waals surface area contributed by atoms with Crippen LogP contribution in [-0.2, 0) is 0 Å². The number of hydrogen-bond acceptors (Lipinski definition) is 3. The van der Waals surface area contributed by atoms with Crippen molar-refractivity contribution in [2.75, 3.05) is 11.5 Å². The smallest absolute Gasteiger partial charge is 0.129 e. The van der Waals surface area contributed by atoms with Crippen molar-refractivity contribution in [1.82, 2.24) is 0 Å². The molecule has 1 aromatic rings. The molecule has 0 bridgehead atoms. The molecule has 1 aliphatic rings. The molecule has 5 heteroatoms. The summed E-state index contributed by atoms with van der Waals surface area (Å²) in [5, 5.41) is 10.9. The number of rotatable bonds is 3. The molecular formula is C13H16BrFOS2. The SMILES string of the molecule is CCC1SCCSC1C(O)c1cc(Br)ccc1F. The zero-order chi connectivity index (χ0) is 13.1. The maximum Gasteiger partial charge on any atom is 0.129 e. The molecule has 0 radical (unpaired) electrons. The van der Waals surface area contributed by atoms with Gasteiger partial charge < -0.3 is 5.11 Å². The molecule has 1 fully saturated rings. The molecule has 2 rings (SSSR count). The van der Waals surface area contributed by atoms with Crippen LogP contribution in [0.3, 0.4) is 0 Å². The standard InChI is InChI=1S/C13H16BrFOS2/c1-2-11-13(18-6-5-17-11)12(16)9-7-8(14)3-4-10(9)15/h3-4,7,11-13,16H,2,5-6H2,1H3. The summed E-state index contributed by atoms with van der Waals surface area (Å²) < 4.78 is 14.6. The maximum atomic E-state index is 13.8. The van der Waals surface area contributed by atoms with Crippen molar-refractivity contribution in [2.45, 2.75) is 29.9 Å². The quantitative estimate of drug-likeness (QED) is 0.879. The Morgan fingerprint density at radius 1 is 1.44 bits per heavy atom. The summed E-state index contributed by atoms with van der Waals surface area (Å²) in [4.78, 5) is 0. The summed E-state index contributed by atoms with van der Waals surface area (Å²) in [6.07, 6.45) is 0.278. The van der Waals surface area contributed by atoms with E-state index in [1.165, 1.54) is 6.07 Å². The molecule has 100 valence electrons. The lowest BCUT2D eigenvalue weighted by Crippen LogP contribution is -2.31. The first-order valence-electron chi connectivity index (χ1n) is 5.99. The van der Waals surface area contributed by atoms with Gasteiger partial charge in [0.15, 0.2) is 0 Å². The second kappa shape index (κ2) is 6.64. The molecule has 3 atom stereocenters. The summed E-state index contributed by atoms with van der Waals surface area (Å²) in [5.74, 6) is 1.82. The van der Waals surface area contributed by atoms with E-state index in [4.69, 9.17) is 0 Å². The summed E-state index contributed by atoms with van der Waals surface area (Å²) in [5.41, 5.74) is 0.405. The molecule has 1 heterocycles. The highest BCUT2D eigenvalue weighted by Gasteiger charge is 2.33. The van der Waals surface area contributed by atoms with Gasteiger partial charge in [-0.15, -0.1) is 0 Å². The van der Waals surface area contributed by atoms with Crippen LogP contribution in [0.15, 0.2) is 22.7 Å². The fourth-order valence-corrected chi connectivity index (χ4v) is 5.65. The Morgan fingerprint density at radius 2 is 2.17 bits per heavy atom. The number of benzene rings is 1. The molecule has 1 N–H and O–H groups in total. The van der Waals surface area contributed by atoms with Crippen molar-refractivity contribution >= 4 is 39.5 Å². The Hall–Kier alpha value is 0.290. The van der Waals surface area contributed by atoms with E-state index in [9.17, 15) is 9.50 Å². The highest BCUT2D eigenvalue weighted by molar-refractivity contribution is 9.10. The summed E-state index contributed by atoms with van der Waals surface area (Å²) in [7, 11) is 0. The molecule has 0 aliphatic carbocycles. The molecule has 0 amide bonds. The number of thioether (sulfide) groups is 2. The lowest BCUT2D eigenvalue weighted by atomic mass is 10.0. The van der Waals surface area contributed by atoms with Gasteiger partial charge in [-0.05, 0) is 24.6 Å². The van der Waals surface area contributed by atoms with Crippen LogP contribution in [0, 0.1) is 5.82 Å². The Morgan fingerprint density at radius 3 is 2.89 bits per heavy atom. The van der Waals surface area contributed by atoms with E-state index in [0.29, 0.717) is 10.8 Å². The molecule has 1 saturated heterocycles. The normalized spacial score (nSPS) is 26.0. The maximum absolute atomic E-state index is 13.8. The summed E-state index contributed by atoms with van der Waals surface area (Å²) in [6, 6.07) is 4.75. The first-order chi connectivity index (χ1) is 8.63. The van der Waals surface area contributed by atoms with Gasteiger partial charge in [-0.25, -0.2) is 4.39 Å². The molecule has 18 heavy (non-hydrogen) atoms. The molecular weight excluding hydrogens is 335 g/mol. The zero-order valence-electron chi connectivity index (χ0n) is 10.1. The minimum Gasteiger partial charge on any atom is -0.387 e. The largest absolute Gasteiger partial charge is 0.387 e. The molecule has 0 spiro atoms. The Labute approximate surface area is 124 Å². The van der Waals surface area contributed by atoms with Crippen molar-refractivity contribution in [3.63, 3.8) is 0 Å². The second-order valence-corrected chi connectivity index (χ2v) is 7.81. The first kappa shape index (κ1) is 14.7. The average Bonchev–Trinajstić information content (AvgIpc) is 2.40.